The molecule has 0 aromatic heterocycles. The van der Waals surface area contributed by atoms with Crippen LogP contribution in [0.3, 0.4) is 0 Å². The highest BCUT2D eigenvalue weighted by Gasteiger charge is 2.34. The van der Waals surface area contributed by atoms with E-state index in [1.807, 2.05) is 0 Å². The van der Waals surface area contributed by atoms with Crippen LogP contribution in [0.25, 0.3) is 0 Å². The largest absolute Gasteiger partial charge is 0.330 e. The van der Waals surface area contributed by atoms with Gasteiger partial charge in [0.15, 0.2) is 0 Å². The molecule has 1 rings (SSSR count). The van der Waals surface area contributed by atoms with E-state index in [1.54, 1.807) is 0 Å². The van der Waals surface area contributed by atoms with Crippen molar-refractivity contribution in [2.75, 3.05) is 46.8 Å². The summed E-state index contributed by atoms with van der Waals surface area (Å²) in [5, 5.41) is 0. The Balaban J connectivity index is 2.52. The molecule has 1 aliphatic carbocycles. The molecule has 0 heterocycles. The van der Waals surface area contributed by atoms with Crippen molar-refractivity contribution in [2.45, 2.75) is 39.5 Å². The molecule has 1 fully saturated rings. The Labute approximate surface area is 114 Å². The van der Waals surface area contributed by atoms with Gasteiger partial charge in [0.2, 0.25) is 0 Å². The van der Waals surface area contributed by atoms with Crippen LogP contribution in [0.5, 0.6) is 0 Å². The van der Waals surface area contributed by atoms with Crippen LogP contribution in [0.4, 0.5) is 0 Å². The Kier molecular flexibility index (Phi) is 6.61. The summed E-state index contributed by atoms with van der Waals surface area (Å²) in [5.41, 5.74) is 6.48. The van der Waals surface area contributed by atoms with E-state index in [9.17, 15) is 0 Å². The molecule has 0 spiro atoms. The van der Waals surface area contributed by atoms with Crippen molar-refractivity contribution in [3.63, 3.8) is 0 Å². The lowest BCUT2D eigenvalue weighted by atomic mass is 9.85. The predicted octanol–water partition coefficient (Wildman–Crippen LogP) is 2.03. The summed E-state index contributed by atoms with van der Waals surface area (Å²) >= 11 is 0. The van der Waals surface area contributed by atoms with E-state index >= 15 is 0 Å². The van der Waals surface area contributed by atoms with Crippen LogP contribution in [-0.4, -0.2) is 56.6 Å². The standard InChI is InChI=1S/C15H33N3/c1-14(2)11-18(10-9-17(3)4)13-15(12-16)7-5-6-8-15/h14H,5-13,16H2,1-4H3. The number of nitrogens with two attached hydrogens (primary N) is 1. The molecule has 0 aromatic rings. The Bertz CT molecular complexity index is 220. The second-order valence-electron chi connectivity index (χ2n) is 6.84. The Hall–Kier alpha value is -0.120. The lowest BCUT2D eigenvalue weighted by Gasteiger charge is -2.36. The normalized spacial score (nSPS) is 19.3. The van der Waals surface area contributed by atoms with E-state index in [-0.39, 0.29) is 0 Å². The fourth-order valence-electron chi connectivity index (χ4n) is 3.12. The van der Waals surface area contributed by atoms with Crippen molar-refractivity contribution in [1.29, 1.82) is 0 Å². The highest BCUT2D eigenvalue weighted by molar-refractivity contribution is 4.88. The summed E-state index contributed by atoms with van der Waals surface area (Å²) in [5.74, 6) is 0.739. The third-order valence-corrected chi connectivity index (χ3v) is 4.14. The molecule has 0 radical (unpaired) electrons. The zero-order chi connectivity index (χ0) is 13.6. The van der Waals surface area contributed by atoms with E-state index in [2.05, 4.69) is 37.7 Å². The smallest absolute Gasteiger partial charge is 0.0109 e. The van der Waals surface area contributed by atoms with Gasteiger partial charge in [0, 0.05) is 26.2 Å². The molecule has 0 aliphatic heterocycles. The van der Waals surface area contributed by atoms with Gasteiger partial charge >= 0.3 is 0 Å². The molecule has 2 N–H and O–H groups in total. The van der Waals surface area contributed by atoms with Gasteiger partial charge in [-0.1, -0.05) is 26.7 Å². The minimum absolute atomic E-state index is 0.418. The van der Waals surface area contributed by atoms with E-state index in [0.29, 0.717) is 5.41 Å². The average Bonchev–Trinajstić information content (AvgIpc) is 2.74. The first kappa shape index (κ1) is 15.9. The molecule has 0 atom stereocenters. The predicted molar refractivity (Wildman–Crippen MR) is 79.8 cm³/mol. The summed E-state index contributed by atoms with van der Waals surface area (Å²) in [7, 11) is 4.31. The lowest BCUT2D eigenvalue weighted by Crippen LogP contribution is -2.44. The molecular formula is C15H33N3. The Morgan fingerprint density at radius 3 is 2.17 bits per heavy atom. The molecule has 0 aromatic carbocycles. The number of nitrogens with zero attached hydrogens (tertiary/aromatic N) is 2. The summed E-state index contributed by atoms with van der Waals surface area (Å²) in [6, 6.07) is 0. The molecular weight excluding hydrogens is 222 g/mol. The molecule has 3 heteroatoms. The van der Waals surface area contributed by atoms with Crippen molar-refractivity contribution in [2.24, 2.45) is 17.1 Å². The molecule has 0 amide bonds. The van der Waals surface area contributed by atoms with Crippen LogP contribution in [-0.2, 0) is 0 Å². The number of hydrogen-bond acceptors (Lipinski definition) is 3. The summed E-state index contributed by atoms with van der Waals surface area (Å²) in [4.78, 5) is 4.92. The van der Waals surface area contributed by atoms with E-state index in [1.165, 1.54) is 45.3 Å². The third kappa shape index (κ3) is 5.25. The first-order valence-electron chi connectivity index (χ1n) is 7.54. The average molecular weight is 255 g/mol. The van der Waals surface area contributed by atoms with Gasteiger partial charge in [-0.3, -0.25) is 0 Å². The monoisotopic (exact) mass is 255 g/mol. The van der Waals surface area contributed by atoms with Crippen LogP contribution < -0.4 is 5.73 Å². The van der Waals surface area contributed by atoms with Gasteiger partial charge in [-0.05, 0) is 44.8 Å². The molecule has 1 aliphatic rings. The van der Waals surface area contributed by atoms with E-state index < -0.39 is 0 Å². The van der Waals surface area contributed by atoms with Crippen molar-refractivity contribution in [3.05, 3.63) is 0 Å². The van der Waals surface area contributed by atoms with Crippen molar-refractivity contribution in [3.8, 4) is 0 Å². The molecule has 0 bridgehead atoms. The van der Waals surface area contributed by atoms with Crippen LogP contribution in [0.2, 0.25) is 0 Å². The van der Waals surface area contributed by atoms with Crippen molar-refractivity contribution < 1.29 is 0 Å². The Morgan fingerprint density at radius 2 is 1.72 bits per heavy atom. The van der Waals surface area contributed by atoms with E-state index in [4.69, 9.17) is 5.73 Å². The first-order valence-corrected chi connectivity index (χ1v) is 7.54. The molecule has 1 saturated carbocycles. The maximum atomic E-state index is 6.07. The second-order valence-corrected chi connectivity index (χ2v) is 6.84. The minimum Gasteiger partial charge on any atom is -0.330 e. The number of hydrogen-bond donors (Lipinski definition) is 1. The molecule has 18 heavy (non-hydrogen) atoms. The van der Waals surface area contributed by atoms with Gasteiger partial charge in [0.25, 0.3) is 0 Å². The maximum absolute atomic E-state index is 6.07. The summed E-state index contributed by atoms with van der Waals surface area (Å²) < 4.78 is 0. The van der Waals surface area contributed by atoms with Crippen LogP contribution in [0.1, 0.15) is 39.5 Å². The zero-order valence-corrected chi connectivity index (χ0v) is 12.9. The molecule has 108 valence electrons. The summed E-state index contributed by atoms with van der Waals surface area (Å²) in [6.07, 6.45) is 5.42. The highest BCUT2D eigenvalue weighted by atomic mass is 15.2. The fraction of sp³-hybridized carbons (Fsp3) is 1.00. The van der Waals surface area contributed by atoms with Crippen LogP contribution >= 0.6 is 0 Å². The molecule has 0 saturated heterocycles. The van der Waals surface area contributed by atoms with Crippen molar-refractivity contribution in [1.82, 2.24) is 9.80 Å². The van der Waals surface area contributed by atoms with Gasteiger partial charge in [0.05, 0.1) is 0 Å². The van der Waals surface area contributed by atoms with Gasteiger partial charge in [-0.25, -0.2) is 0 Å². The second kappa shape index (κ2) is 7.46. The van der Waals surface area contributed by atoms with Crippen LogP contribution in [0, 0.1) is 11.3 Å². The number of rotatable bonds is 8. The number of likely N-dealkylation sites (N-methyl/N-ethyl adjacent to an activating group) is 1. The third-order valence-electron chi connectivity index (χ3n) is 4.14. The summed E-state index contributed by atoms with van der Waals surface area (Å²) in [6.45, 7) is 10.2. The maximum Gasteiger partial charge on any atom is 0.0109 e. The van der Waals surface area contributed by atoms with Crippen molar-refractivity contribution >= 4 is 0 Å². The quantitative estimate of drug-likeness (QED) is 0.720. The van der Waals surface area contributed by atoms with Crippen LogP contribution in [0.15, 0.2) is 0 Å². The zero-order valence-electron chi connectivity index (χ0n) is 12.9. The fourth-order valence-corrected chi connectivity index (χ4v) is 3.12. The van der Waals surface area contributed by atoms with Gasteiger partial charge in [0.1, 0.15) is 0 Å². The highest BCUT2D eigenvalue weighted by Crippen LogP contribution is 2.37. The first-order chi connectivity index (χ1) is 8.47. The van der Waals surface area contributed by atoms with Gasteiger partial charge in [-0.15, -0.1) is 0 Å². The Morgan fingerprint density at radius 1 is 1.11 bits per heavy atom. The molecule has 3 nitrogen and oxygen atoms in total. The van der Waals surface area contributed by atoms with Gasteiger partial charge in [-0.2, -0.15) is 0 Å². The minimum atomic E-state index is 0.418. The topological polar surface area (TPSA) is 32.5 Å². The van der Waals surface area contributed by atoms with E-state index in [0.717, 1.165) is 19.0 Å². The molecule has 0 unspecified atom stereocenters. The van der Waals surface area contributed by atoms with Gasteiger partial charge < -0.3 is 15.5 Å². The SMILES string of the molecule is CC(C)CN(CCN(C)C)CC1(CN)CCCC1. The lowest BCUT2D eigenvalue weighted by molar-refractivity contribution is 0.135.